The van der Waals surface area contributed by atoms with Gasteiger partial charge < -0.3 is 5.73 Å². The molecule has 2 aromatic carbocycles. The summed E-state index contributed by atoms with van der Waals surface area (Å²) in [6.07, 6.45) is 2.65. The summed E-state index contributed by atoms with van der Waals surface area (Å²) in [5, 5.41) is 1.46. The van der Waals surface area contributed by atoms with Gasteiger partial charge in [-0.15, -0.1) is 0 Å². The van der Waals surface area contributed by atoms with Gasteiger partial charge in [0.05, 0.1) is 6.20 Å². The molecule has 3 rings (SSSR count). The molecular weight excluding hydrogens is 267 g/mol. The summed E-state index contributed by atoms with van der Waals surface area (Å²) in [7, 11) is 0. The van der Waals surface area contributed by atoms with Gasteiger partial charge in [-0.3, -0.25) is 4.79 Å². The van der Waals surface area contributed by atoms with Crippen LogP contribution in [-0.4, -0.2) is 10.9 Å². The van der Waals surface area contributed by atoms with Gasteiger partial charge in [0, 0.05) is 5.39 Å². The minimum atomic E-state index is -0.607. The summed E-state index contributed by atoms with van der Waals surface area (Å²) in [4.78, 5) is 15.4. The molecule has 1 amide bonds. The maximum atomic E-state index is 13.5. The molecular formula is C17H12FN2O. The maximum absolute atomic E-state index is 13.5. The number of aryl methyl sites for hydroxylation is 1. The van der Waals surface area contributed by atoms with Gasteiger partial charge >= 0.3 is 0 Å². The molecule has 0 aliphatic carbocycles. The van der Waals surface area contributed by atoms with Crippen molar-refractivity contribution in [2.75, 3.05) is 0 Å². The van der Waals surface area contributed by atoms with E-state index in [0.29, 0.717) is 5.39 Å². The van der Waals surface area contributed by atoms with Crippen LogP contribution in [0.25, 0.3) is 21.9 Å². The van der Waals surface area contributed by atoms with Crippen molar-refractivity contribution in [3.8, 4) is 11.1 Å². The molecule has 2 N–H and O–H groups in total. The molecule has 0 saturated heterocycles. The Balaban J connectivity index is 2.28. The summed E-state index contributed by atoms with van der Waals surface area (Å²) in [5.41, 5.74) is 8.05. The van der Waals surface area contributed by atoms with Crippen LogP contribution in [0.15, 0.2) is 42.5 Å². The van der Waals surface area contributed by atoms with Gasteiger partial charge in [0.1, 0.15) is 11.5 Å². The van der Waals surface area contributed by atoms with Crippen LogP contribution in [0.4, 0.5) is 4.39 Å². The lowest BCUT2D eigenvalue weighted by Crippen LogP contribution is -2.13. The van der Waals surface area contributed by atoms with Gasteiger partial charge in [-0.1, -0.05) is 18.2 Å². The van der Waals surface area contributed by atoms with E-state index in [4.69, 9.17) is 5.73 Å². The van der Waals surface area contributed by atoms with Crippen molar-refractivity contribution in [3.05, 3.63) is 65.7 Å². The van der Waals surface area contributed by atoms with Crippen molar-refractivity contribution >= 4 is 16.7 Å². The molecule has 0 atom stereocenters. The average molecular weight is 279 g/mol. The first-order chi connectivity index (χ1) is 10.1. The highest BCUT2D eigenvalue weighted by atomic mass is 19.1. The lowest BCUT2D eigenvalue weighted by molar-refractivity contribution is 0.0997. The van der Waals surface area contributed by atoms with E-state index in [1.54, 1.807) is 18.2 Å². The number of nitrogens with two attached hydrogens (primary N) is 1. The summed E-state index contributed by atoms with van der Waals surface area (Å²) in [5.74, 6) is -0.907. The van der Waals surface area contributed by atoms with E-state index < -0.39 is 5.91 Å². The van der Waals surface area contributed by atoms with Crippen molar-refractivity contribution in [2.45, 2.75) is 6.92 Å². The second kappa shape index (κ2) is 4.98. The van der Waals surface area contributed by atoms with Crippen LogP contribution in [0.5, 0.6) is 0 Å². The van der Waals surface area contributed by atoms with Crippen LogP contribution in [0.1, 0.15) is 16.1 Å². The SMILES string of the molecule is Cc1ccc(F)cc1-c1ccc2c[c]nc(C(N)=O)c2c1. The third kappa shape index (κ3) is 2.36. The zero-order chi connectivity index (χ0) is 15.0. The number of carbonyl (C=O) groups excluding carboxylic acids is 1. The van der Waals surface area contributed by atoms with Crippen molar-refractivity contribution in [3.63, 3.8) is 0 Å². The Morgan fingerprint density at radius 1 is 1.24 bits per heavy atom. The fourth-order valence-electron chi connectivity index (χ4n) is 2.37. The minimum absolute atomic E-state index is 0.170. The van der Waals surface area contributed by atoms with Crippen molar-refractivity contribution in [2.24, 2.45) is 5.73 Å². The molecule has 0 unspecified atom stereocenters. The Morgan fingerprint density at radius 3 is 2.81 bits per heavy atom. The van der Waals surface area contributed by atoms with Gasteiger partial charge in [-0.05, 0) is 53.3 Å². The Bertz CT molecular complexity index is 859. The van der Waals surface area contributed by atoms with E-state index >= 15 is 0 Å². The number of pyridine rings is 1. The van der Waals surface area contributed by atoms with Crippen molar-refractivity contribution in [1.82, 2.24) is 4.98 Å². The molecule has 0 aliphatic heterocycles. The highest BCUT2D eigenvalue weighted by molar-refractivity contribution is 6.05. The second-order valence-electron chi connectivity index (χ2n) is 4.86. The molecule has 0 bridgehead atoms. The Kier molecular flexibility index (Phi) is 3.14. The van der Waals surface area contributed by atoms with E-state index in [0.717, 1.165) is 22.1 Å². The highest BCUT2D eigenvalue weighted by Crippen LogP contribution is 2.28. The molecule has 1 heterocycles. The fraction of sp³-hybridized carbons (Fsp3) is 0.0588. The molecule has 0 fully saturated rings. The molecule has 4 heteroatoms. The number of benzene rings is 2. The van der Waals surface area contributed by atoms with Crippen LogP contribution in [0.3, 0.4) is 0 Å². The first-order valence-electron chi connectivity index (χ1n) is 6.43. The number of fused-ring (bicyclic) bond motifs is 1. The zero-order valence-corrected chi connectivity index (χ0v) is 11.4. The van der Waals surface area contributed by atoms with Crippen LogP contribution >= 0.6 is 0 Å². The van der Waals surface area contributed by atoms with Gasteiger partial charge in [-0.2, -0.15) is 0 Å². The number of halogens is 1. The number of nitrogens with zero attached hydrogens (tertiary/aromatic N) is 1. The Morgan fingerprint density at radius 2 is 2.05 bits per heavy atom. The standard InChI is InChI=1S/C17H12FN2O/c1-10-2-5-13(18)9-14(10)12-4-3-11-6-7-20-16(17(19)21)15(11)8-12/h2-6,8-9H,1H3,(H2,19,21). The number of amides is 1. The summed E-state index contributed by atoms with van der Waals surface area (Å²) in [6, 6.07) is 11.8. The van der Waals surface area contributed by atoms with Crippen LogP contribution in [0.2, 0.25) is 0 Å². The second-order valence-corrected chi connectivity index (χ2v) is 4.86. The number of aromatic nitrogens is 1. The normalized spacial score (nSPS) is 10.8. The van der Waals surface area contributed by atoms with Gasteiger partial charge in [0.2, 0.25) is 0 Å². The summed E-state index contributed by atoms with van der Waals surface area (Å²) < 4.78 is 13.5. The number of hydrogen-bond donors (Lipinski definition) is 1. The predicted octanol–water partition coefficient (Wildman–Crippen LogP) is 3.25. The van der Waals surface area contributed by atoms with Gasteiger partial charge in [0.15, 0.2) is 0 Å². The average Bonchev–Trinajstić information content (AvgIpc) is 2.48. The first kappa shape index (κ1) is 13.2. The maximum Gasteiger partial charge on any atom is 0.267 e. The summed E-state index contributed by atoms with van der Waals surface area (Å²) in [6.45, 7) is 1.91. The third-order valence-electron chi connectivity index (χ3n) is 3.45. The quantitative estimate of drug-likeness (QED) is 0.782. The Labute approximate surface area is 121 Å². The largest absolute Gasteiger partial charge is 0.364 e. The molecule has 21 heavy (non-hydrogen) atoms. The van der Waals surface area contributed by atoms with Crippen LogP contribution in [-0.2, 0) is 0 Å². The minimum Gasteiger partial charge on any atom is -0.364 e. The van der Waals surface area contributed by atoms with Crippen molar-refractivity contribution in [1.29, 1.82) is 0 Å². The topological polar surface area (TPSA) is 56.0 Å². The van der Waals surface area contributed by atoms with E-state index in [9.17, 15) is 9.18 Å². The number of hydrogen-bond acceptors (Lipinski definition) is 2. The molecule has 3 aromatic rings. The Hall–Kier alpha value is -2.75. The number of carbonyl (C=O) groups is 1. The van der Waals surface area contributed by atoms with Crippen LogP contribution < -0.4 is 5.73 Å². The third-order valence-corrected chi connectivity index (χ3v) is 3.45. The first-order valence-corrected chi connectivity index (χ1v) is 6.43. The lowest BCUT2D eigenvalue weighted by atomic mass is 9.97. The van der Waals surface area contributed by atoms with Gasteiger partial charge in [0.25, 0.3) is 5.91 Å². The molecule has 103 valence electrons. The monoisotopic (exact) mass is 279 g/mol. The molecule has 1 radical (unpaired) electrons. The lowest BCUT2D eigenvalue weighted by Gasteiger charge is -2.09. The molecule has 1 aromatic heterocycles. The molecule has 0 spiro atoms. The van der Waals surface area contributed by atoms with Crippen LogP contribution in [0, 0.1) is 18.9 Å². The number of primary amides is 1. The van der Waals surface area contributed by atoms with E-state index in [2.05, 4.69) is 11.2 Å². The van der Waals surface area contributed by atoms with Gasteiger partial charge in [-0.25, -0.2) is 9.37 Å². The molecule has 0 saturated carbocycles. The summed E-state index contributed by atoms with van der Waals surface area (Å²) >= 11 is 0. The molecule has 3 nitrogen and oxygen atoms in total. The zero-order valence-electron chi connectivity index (χ0n) is 11.4. The fourth-order valence-corrected chi connectivity index (χ4v) is 2.37. The van der Waals surface area contributed by atoms with Crippen molar-refractivity contribution < 1.29 is 9.18 Å². The van der Waals surface area contributed by atoms with E-state index in [1.165, 1.54) is 12.1 Å². The van der Waals surface area contributed by atoms with E-state index in [-0.39, 0.29) is 11.5 Å². The highest BCUT2D eigenvalue weighted by Gasteiger charge is 2.10. The predicted molar refractivity (Wildman–Crippen MR) is 79.2 cm³/mol. The van der Waals surface area contributed by atoms with E-state index in [1.807, 2.05) is 19.1 Å². The number of rotatable bonds is 2. The smallest absolute Gasteiger partial charge is 0.267 e. The molecule has 0 aliphatic rings.